The smallest absolute Gasteiger partial charge is 0.249 e. The first-order chi connectivity index (χ1) is 7.76. The van der Waals surface area contributed by atoms with Crippen molar-refractivity contribution in [2.45, 2.75) is 13.4 Å². The predicted molar refractivity (Wildman–Crippen MR) is 69.5 cm³/mol. The Hall–Kier alpha value is -1.26. The van der Waals surface area contributed by atoms with Crippen molar-refractivity contribution in [2.24, 2.45) is 0 Å². The molecule has 4 heteroatoms. The van der Waals surface area contributed by atoms with Crippen LogP contribution >= 0.6 is 0 Å². The van der Waals surface area contributed by atoms with Crippen LogP contribution in [0.25, 0.3) is 10.9 Å². The van der Waals surface area contributed by atoms with Gasteiger partial charge in [-0.15, -0.1) is 0 Å². The molecule has 1 aromatic heterocycles. The van der Waals surface area contributed by atoms with Crippen LogP contribution in [0.5, 0.6) is 0 Å². The van der Waals surface area contributed by atoms with E-state index in [0.29, 0.717) is 0 Å². The van der Waals surface area contributed by atoms with Crippen LogP contribution in [0.2, 0.25) is 6.82 Å². The molecule has 2 rings (SSSR count). The standard InChI is InChI=1S/C12H17BN3/c1-13-16-11(9-15(3)14-2)8-10-6-4-5-7-12(10)16/h4-8,14H,9H2,1-3H3. The van der Waals surface area contributed by atoms with E-state index in [0.717, 1.165) is 6.54 Å². The summed E-state index contributed by atoms with van der Waals surface area (Å²) >= 11 is 0. The highest BCUT2D eigenvalue weighted by Crippen LogP contribution is 2.19. The zero-order valence-electron chi connectivity index (χ0n) is 10.1. The summed E-state index contributed by atoms with van der Waals surface area (Å²) in [6, 6.07) is 10.7. The monoisotopic (exact) mass is 214 g/mol. The normalized spacial score (nSPS) is 11.2. The Labute approximate surface area is 97.3 Å². The van der Waals surface area contributed by atoms with Gasteiger partial charge in [-0.25, -0.2) is 5.01 Å². The molecule has 0 amide bonds. The van der Waals surface area contributed by atoms with E-state index in [1.807, 2.05) is 14.1 Å². The summed E-state index contributed by atoms with van der Waals surface area (Å²) in [5, 5.41) is 3.36. The van der Waals surface area contributed by atoms with Gasteiger partial charge in [-0.3, -0.25) is 5.43 Å². The van der Waals surface area contributed by atoms with Crippen LogP contribution in [0.1, 0.15) is 5.69 Å². The molecule has 1 N–H and O–H groups in total. The van der Waals surface area contributed by atoms with Crippen molar-refractivity contribution in [1.82, 2.24) is 14.9 Å². The molecular formula is C12H17BN3. The second-order valence-corrected chi connectivity index (χ2v) is 3.90. The molecule has 16 heavy (non-hydrogen) atoms. The van der Waals surface area contributed by atoms with E-state index in [2.05, 4.69) is 59.5 Å². The predicted octanol–water partition coefficient (Wildman–Crippen LogP) is 1.72. The van der Waals surface area contributed by atoms with E-state index in [4.69, 9.17) is 0 Å². The third kappa shape index (κ3) is 1.99. The summed E-state index contributed by atoms with van der Waals surface area (Å²) in [6.45, 7) is 2.95. The molecule has 0 bridgehead atoms. The van der Waals surface area contributed by atoms with Gasteiger partial charge < -0.3 is 4.48 Å². The van der Waals surface area contributed by atoms with Crippen LogP contribution in [0.4, 0.5) is 0 Å². The molecule has 1 radical (unpaired) electrons. The molecular weight excluding hydrogens is 197 g/mol. The van der Waals surface area contributed by atoms with E-state index in [1.165, 1.54) is 16.6 Å². The third-order valence-corrected chi connectivity index (χ3v) is 2.87. The van der Waals surface area contributed by atoms with Crippen LogP contribution in [-0.2, 0) is 6.54 Å². The van der Waals surface area contributed by atoms with Crippen molar-refractivity contribution in [3.63, 3.8) is 0 Å². The van der Waals surface area contributed by atoms with Crippen molar-refractivity contribution in [3.05, 3.63) is 36.0 Å². The Morgan fingerprint density at radius 1 is 1.38 bits per heavy atom. The molecule has 0 saturated heterocycles. The molecule has 3 nitrogen and oxygen atoms in total. The molecule has 0 spiro atoms. The van der Waals surface area contributed by atoms with Crippen molar-refractivity contribution in [3.8, 4) is 0 Å². The molecule has 1 aromatic carbocycles. The van der Waals surface area contributed by atoms with Crippen molar-refractivity contribution < 1.29 is 0 Å². The number of hydrogen-bond acceptors (Lipinski definition) is 2. The van der Waals surface area contributed by atoms with Crippen molar-refractivity contribution >= 4 is 18.3 Å². The first-order valence-corrected chi connectivity index (χ1v) is 5.53. The molecule has 1 heterocycles. The lowest BCUT2D eigenvalue weighted by atomic mass is 9.98. The van der Waals surface area contributed by atoms with Crippen LogP contribution < -0.4 is 5.43 Å². The average molecular weight is 214 g/mol. The van der Waals surface area contributed by atoms with Crippen LogP contribution in [0.15, 0.2) is 30.3 Å². The molecule has 0 fully saturated rings. The second-order valence-electron chi connectivity index (χ2n) is 3.90. The number of hydrogen-bond donors (Lipinski definition) is 1. The van der Waals surface area contributed by atoms with E-state index in [-0.39, 0.29) is 0 Å². The number of benzene rings is 1. The zero-order chi connectivity index (χ0) is 11.5. The summed E-state index contributed by atoms with van der Waals surface area (Å²) in [6.07, 6.45) is 0. The highest BCUT2D eigenvalue weighted by Gasteiger charge is 2.08. The summed E-state index contributed by atoms with van der Waals surface area (Å²) in [4.78, 5) is 0. The lowest BCUT2D eigenvalue weighted by Crippen LogP contribution is -2.31. The fraction of sp³-hybridized carbons (Fsp3) is 0.333. The van der Waals surface area contributed by atoms with E-state index in [9.17, 15) is 0 Å². The van der Waals surface area contributed by atoms with E-state index >= 15 is 0 Å². The first kappa shape index (κ1) is 11.2. The van der Waals surface area contributed by atoms with Crippen molar-refractivity contribution in [2.75, 3.05) is 14.1 Å². The average Bonchev–Trinajstić information content (AvgIpc) is 2.65. The molecule has 0 saturated carbocycles. The highest BCUT2D eigenvalue weighted by atomic mass is 15.5. The van der Waals surface area contributed by atoms with Crippen LogP contribution in [-0.4, -0.2) is 31.0 Å². The van der Waals surface area contributed by atoms with Gasteiger partial charge in [-0.05, 0) is 24.6 Å². The molecule has 0 unspecified atom stereocenters. The first-order valence-electron chi connectivity index (χ1n) is 5.53. The van der Waals surface area contributed by atoms with Gasteiger partial charge >= 0.3 is 0 Å². The Balaban J connectivity index is 2.44. The fourth-order valence-corrected chi connectivity index (χ4v) is 1.98. The molecule has 0 atom stereocenters. The highest BCUT2D eigenvalue weighted by molar-refractivity contribution is 6.34. The molecule has 0 aliphatic heterocycles. The van der Waals surface area contributed by atoms with E-state index in [1.54, 1.807) is 0 Å². The number of rotatable bonds is 4. The fourth-order valence-electron chi connectivity index (χ4n) is 1.98. The summed E-state index contributed by atoms with van der Waals surface area (Å²) in [5.74, 6) is 0. The van der Waals surface area contributed by atoms with Crippen molar-refractivity contribution in [1.29, 1.82) is 0 Å². The second kappa shape index (κ2) is 4.72. The summed E-state index contributed by atoms with van der Waals surface area (Å²) in [7, 11) is 6.08. The zero-order valence-corrected chi connectivity index (χ0v) is 10.1. The molecule has 2 aromatic rings. The number of para-hydroxylation sites is 1. The number of nitrogens with zero attached hydrogens (tertiary/aromatic N) is 2. The van der Waals surface area contributed by atoms with Crippen LogP contribution in [0, 0.1) is 0 Å². The van der Waals surface area contributed by atoms with Gasteiger partial charge in [0.25, 0.3) is 0 Å². The number of aromatic nitrogens is 1. The Bertz CT molecular complexity index is 478. The minimum atomic E-state index is 0.884. The van der Waals surface area contributed by atoms with Gasteiger partial charge in [0.1, 0.15) is 0 Å². The molecule has 0 aliphatic rings. The summed E-state index contributed by atoms with van der Waals surface area (Å²) in [5.41, 5.74) is 5.68. The SMILES string of the molecule is C[B]n1c(CN(C)NC)cc2ccccc21. The maximum Gasteiger partial charge on any atom is 0.249 e. The summed E-state index contributed by atoms with van der Waals surface area (Å²) < 4.78 is 2.24. The maximum absolute atomic E-state index is 3.12. The largest absolute Gasteiger partial charge is 0.393 e. The van der Waals surface area contributed by atoms with Gasteiger partial charge in [0.2, 0.25) is 7.41 Å². The van der Waals surface area contributed by atoms with Gasteiger partial charge in [0.15, 0.2) is 0 Å². The number of nitrogens with one attached hydrogen (secondary N) is 1. The van der Waals surface area contributed by atoms with Gasteiger partial charge in [-0.2, -0.15) is 0 Å². The molecule has 83 valence electrons. The molecule has 0 aliphatic carbocycles. The van der Waals surface area contributed by atoms with Gasteiger partial charge in [0.05, 0.1) is 6.54 Å². The van der Waals surface area contributed by atoms with Gasteiger partial charge in [-0.1, -0.05) is 25.0 Å². The number of fused-ring (bicyclic) bond motifs is 1. The van der Waals surface area contributed by atoms with Crippen LogP contribution in [0.3, 0.4) is 0 Å². The minimum absolute atomic E-state index is 0.884. The van der Waals surface area contributed by atoms with E-state index < -0.39 is 0 Å². The lowest BCUT2D eigenvalue weighted by molar-refractivity contribution is 0.248. The maximum atomic E-state index is 3.12. The Morgan fingerprint density at radius 3 is 2.81 bits per heavy atom. The van der Waals surface area contributed by atoms with Gasteiger partial charge in [0, 0.05) is 18.3 Å². The number of hydrazine groups is 1. The quantitative estimate of drug-likeness (QED) is 0.617. The third-order valence-electron chi connectivity index (χ3n) is 2.87. The lowest BCUT2D eigenvalue weighted by Gasteiger charge is -2.16. The minimum Gasteiger partial charge on any atom is -0.393 e. The Morgan fingerprint density at radius 2 is 2.12 bits per heavy atom. The topological polar surface area (TPSA) is 20.2 Å². The Kier molecular flexibility index (Phi) is 3.32.